The molecule has 0 saturated heterocycles. The summed E-state index contributed by atoms with van der Waals surface area (Å²) >= 11 is 5.71. The molecule has 0 unspecified atom stereocenters. The lowest BCUT2D eigenvalue weighted by atomic mass is 10.1. The first-order valence-corrected chi connectivity index (χ1v) is 55.9. The van der Waals surface area contributed by atoms with Gasteiger partial charge in [-0.15, -0.1) is 34.0 Å². The van der Waals surface area contributed by atoms with Crippen LogP contribution in [0.2, 0.25) is 0 Å². The molecule has 0 N–H and O–H groups in total. The van der Waals surface area contributed by atoms with Crippen molar-refractivity contribution in [3.05, 3.63) is 538 Å². The number of nitrogens with zero attached hydrogens (tertiary/aromatic N) is 6. The lowest BCUT2D eigenvalue weighted by Gasteiger charge is -2.34. The molecule has 0 saturated carbocycles. The molecule has 0 fully saturated rings. The molecule has 660 valence electrons. The molecule has 27 rings (SSSR count). The Kier molecular flexibility index (Phi) is 21.7. The van der Waals surface area contributed by atoms with E-state index >= 15 is 0 Å². The van der Waals surface area contributed by atoms with E-state index in [4.69, 9.17) is 13.1 Å². The average molecular weight is 1900 g/mol. The van der Waals surface area contributed by atoms with Crippen LogP contribution in [-0.4, -0.2) is 37.9 Å². The lowest BCUT2D eigenvalue weighted by molar-refractivity contribution is 1.19. The average Bonchev–Trinajstić information content (AvgIpc) is 1.71. The van der Waals surface area contributed by atoms with Gasteiger partial charge < -0.3 is 13.7 Å². The topological polar surface area (TPSA) is 47.3 Å². The van der Waals surface area contributed by atoms with E-state index in [0.29, 0.717) is 16.9 Å². The van der Waals surface area contributed by atoms with Crippen LogP contribution in [0.15, 0.2) is 510 Å². The second kappa shape index (κ2) is 35.7. The Bertz CT molecular complexity index is 9360. The number of hydrogen-bond donors (Lipinski definition) is 0. The molecule has 0 amide bonds. The van der Waals surface area contributed by atoms with Crippen molar-refractivity contribution >= 4 is 258 Å². The van der Waals surface area contributed by atoms with Gasteiger partial charge in [0.1, 0.15) is 0 Å². The van der Waals surface area contributed by atoms with E-state index in [-0.39, 0.29) is 0 Å². The van der Waals surface area contributed by atoms with E-state index < -0.39 is 24.2 Å². The van der Waals surface area contributed by atoms with E-state index in [1.54, 1.807) is 0 Å². The van der Waals surface area contributed by atoms with Crippen LogP contribution in [0, 0.1) is 24.5 Å². The van der Waals surface area contributed by atoms with Crippen LogP contribution in [0.25, 0.3) is 153 Å². The Morgan fingerprint density at radius 2 is 0.496 bits per heavy atom. The highest BCUT2D eigenvalue weighted by atomic mass is 32.1. The van der Waals surface area contributed by atoms with Gasteiger partial charge in [-0.25, -0.2) is 9.69 Å². The fraction of sp³-hybridized carbons (Fsp3) is 0. The molecule has 0 bridgehead atoms. The minimum Gasteiger partial charge on any atom is -0.319 e. The van der Waals surface area contributed by atoms with Gasteiger partial charge in [0.25, 0.3) is 0 Å². The summed E-state index contributed by atoms with van der Waals surface area (Å²) in [6.07, 6.45) is 0. The monoisotopic (exact) mass is 1900 g/mol. The number of hydrogen-bond acceptors (Lipinski definition) is 4. The van der Waals surface area contributed by atoms with Crippen LogP contribution < -0.4 is 62.2 Å². The van der Waals surface area contributed by atoms with Gasteiger partial charge in [0.15, 0.2) is 29.9 Å². The number of benzene rings is 21. The van der Waals surface area contributed by atoms with Crippen molar-refractivity contribution in [3.63, 3.8) is 0 Å². The second-order valence-electron chi connectivity index (χ2n) is 35.9. The van der Waals surface area contributed by atoms with Crippen LogP contribution in [0.4, 0.5) is 11.4 Å². The minimum absolute atomic E-state index is 0.650. The maximum Gasteiger partial charge on any atom is 0.211 e. The van der Waals surface area contributed by atoms with Crippen LogP contribution in [-0.2, 0) is 0 Å². The fourth-order valence-corrected chi connectivity index (χ4v) is 42.4. The smallest absolute Gasteiger partial charge is 0.211 e. The van der Waals surface area contributed by atoms with Crippen molar-refractivity contribution in [2.75, 3.05) is 0 Å². The molecule has 0 spiro atoms. The third-order valence-corrected chi connectivity index (χ3v) is 47.3. The van der Waals surface area contributed by atoms with Crippen molar-refractivity contribution in [2.24, 2.45) is 0 Å². The third kappa shape index (κ3) is 13.9. The maximum absolute atomic E-state index is 9.63. The van der Waals surface area contributed by atoms with Crippen LogP contribution in [0.1, 0.15) is 5.56 Å². The van der Waals surface area contributed by atoms with Gasteiger partial charge >= 0.3 is 0 Å². The highest BCUT2D eigenvalue weighted by Crippen LogP contribution is 2.45. The predicted octanol–water partition coefficient (Wildman–Crippen LogP) is 26.6. The number of rotatable bonds is 15. The molecule has 0 aliphatic heterocycles. The third-order valence-electron chi connectivity index (χ3n) is 28.7. The van der Waals surface area contributed by atoms with Gasteiger partial charge in [-0.1, -0.05) is 413 Å². The summed E-state index contributed by atoms with van der Waals surface area (Å²) in [6.45, 7) is 15.7. The summed E-state index contributed by atoms with van der Waals surface area (Å²) in [5.74, 6) is 0. The molecule has 0 radical (unpaired) electrons. The van der Waals surface area contributed by atoms with E-state index in [9.17, 15) is 5.26 Å². The Labute approximate surface area is 830 Å². The quantitative estimate of drug-likeness (QED) is 0.0573. The molecule has 141 heavy (non-hydrogen) atoms. The fourth-order valence-electron chi connectivity index (χ4n) is 22.7. The first kappa shape index (κ1) is 85.5. The summed E-state index contributed by atoms with van der Waals surface area (Å²) in [6, 6.07) is 188. The van der Waals surface area contributed by atoms with Crippen molar-refractivity contribution in [1.82, 2.24) is 13.7 Å². The lowest BCUT2D eigenvalue weighted by Crippen LogP contribution is -2.74. The Morgan fingerprint density at radius 1 is 0.213 bits per heavy atom. The number of fused-ring (bicyclic) bond motifs is 18. The van der Waals surface area contributed by atoms with Gasteiger partial charge in [0, 0.05) is 110 Å². The second-order valence-corrected chi connectivity index (χ2v) is 50.4. The van der Waals surface area contributed by atoms with E-state index in [1.165, 1.54) is 128 Å². The highest BCUT2D eigenvalue weighted by Gasteiger charge is 2.46. The highest BCUT2D eigenvalue weighted by molar-refractivity contribution is 7.32. The molecule has 21 aromatic carbocycles. The number of thiophene rings is 3. The minimum atomic E-state index is -2.71. The van der Waals surface area contributed by atoms with Crippen molar-refractivity contribution in [2.45, 2.75) is 0 Å². The van der Waals surface area contributed by atoms with Gasteiger partial charge in [0.05, 0.1) is 52.4 Å². The first-order chi connectivity index (χ1) is 69.8. The standard InChI is InChI=1S/3C43H28N2SSi/c1-44-38-24-13-22-35-34-21-11-12-25-39(34)45(42(35)38)30-27-28-40-37(29-30)36-23-14-26-41(43(36)46-40)47(31-15-5-2-6-16-31,32-17-7-3-8-18-32)33-19-9-4-10-20-33;1-44-30-24-26-36-35-20-11-12-22-39(35)45(40(36)28-30)31-25-27-41-38(29-31)37-21-13-23-42(43(37)46-41)47(32-14-5-2-6-15-32,33-16-7-3-8-17-33)34-18-9-4-10-19-34;44-29-30-23-25-40-37(27-30)35-19-10-11-21-39(35)45(40)31-24-26-41-38(28-31)36-20-12-22-42(43(36)46-41)47(32-13-4-1-5-14-32,33-15-6-2-7-16-33)34-17-8-3-9-18-34/h2*2-29H;1-28H. The number of aromatic nitrogens is 3. The summed E-state index contributed by atoms with van der Waals surface area (Å²) < 4.78 is 14.8. The van der Waals surface area contributed by atoms with Gasteiger partial charge in [-0.2, -0.15) is 5.26 Å². The van der Waals surface area contributed by atoms with E-state index in [2.05, 4.69) is 503 Å². The van der Waals surface area contributed by atoms with Crippen LogP contribution in [0.5, 0.6) is 0 Å². The van der Waals surface area contributed by atoms with Gasteiger partial charge in [-0.05, 0) is 165 Å². The first-order valence-electron chi connectivity index (χ1n) is 47.4. The Hall–Kier alpha value is -17.2. The SMILES string of the molecule is N#Cc1ccc2c(c1)c1ccccc1n2-c1ccc2sc3c([Si](c4ccccc4)(c4ccccc4)c4ccccc4)cccc3c2c1.[C-]#[N+]c1ccc2c3ccccc3n(-c3ccc4sc5c([Si](c6ccccc6)(c6ccccc6)c6ccccc6)cccc5c4c3)c2c1.[C-]#[N+]c1cccc2c3ccccc3n(-c3ccc4sc5c([Si](c6ccccc6)(c6ccccc6)c6ccccc6)cccc5c4c3)c12. The Balaban J connectivity index is 0.000000111. The molecular formula is C129H84N6S3Si3. The van der Waals surface area contributed by atoms with Gasteiger partial charge in [-0.3, -0.25) is 0 Å². The summed E-state index contributed by atoms with van der Waals surface area (Å²) in [5.41, 5.74) is 11.8. The molecule has 27 aromatic rings. The number of para-hydroxylation sites is 4. The van der Waals surface area contributed by atoms with Crippen LogP contribution in [0.3, 0.4) is 0 Å². The van der Waals surface area contributed by atoms with Crippen LogP contribution >= 0.6 is 34.0 Å². The Morgan fingerprint density at radius 3 is 0.844 bits per heavy atom. The molecule has 6 heterocycles. The van der Waals surface area contributed by atoms with E-state index in [1.807, 2.05) is 70.4 Å². The summed E-state index contributed by atoms with van der Waals surface area (Å²) in [5, 5.41) is 40.8. The van der Waals surface area contributed by atoms with Crippen molar-refractivity contribution in [3.8, 4) is 23.1 Å². The molecule has 6 nitrogen and oxygen atoms in total. The molecule has 12 heteroatoms. The molecule has 6 aromatic heterocycles. The molecule has 0 aliphatic rings. The molecule has 0 aliphatic carbocycles. The number of nitriles is 1. The zero-order chi connectivity index (χ0) is 94.1. The van der Waals surface area contributed by atoms with Crippen molar-refractivity contribution < 1.29 is 0 Å². The molecule has 0 atom stereocenters. The predicted molar refractivity (Wildman–Crippen MR) is 609 cm³/mol. The maximum atomic E-state index is 9.63. The molecular weight excluding hydrogens is 1810 g/mol. The largest absolute Gasteiger partial charge is 0.319 e. The summed E-state index contributed by atoms with van der Waals surface area (Å²) in [7, 11) is -8.10. The van der Waals surface area contributed by atoms with Gasteiger partial charge in [0.2, 0.25) is 5.69 Å². The van der Waals surface area contributed by atoms with E-state index in [0.717, 1.165) is 77.1 Å². The zero-order valence-electron chi connectivity index (χ0n) is 76.4. The summed E-state index contributed by atoms with van der Waals surface area (Å²) in [4.78, 5) is 7.70. The normalized spacial score (nSPS) is 11.8. The zero-order valence-corrected chi connectivity index (χ0v) is 81.9. The van der Waals surface area contributed by atoms with Crippen molar-refractivity contribution in [1.29, 1.82) is 5.26 Å².